The first kappa shape index (κ1) is 84.2. The van der Waals surface area contributed by atoms with Gasteiger partial charge in [-0.3, -0.25) is 24.0 Å². The minimum absolute atomic E-state index is 0. The van der Waals surface area contributed by atoms with E-state index < -0.39 is 53.0 Å². The predicted molar refractivity (Wildman–Crippen MR) is 297 cm³/mol. The van der Waals surface area contributed by atoms with Crippen molar-refractivity contribution in [1.82, 2.24) is 0 Å². The molecule has 8 unspecified atom stereocenters. The van der Waals surface area contributed by atoms with Crippen LogP contribution in [0, 0.1) is 51.8 Å². The van der Waals surface area contributed by atoms with E-state index in [0.717, 1.165) is 77.0 Å². The molecule has 0 radical (unpaired) electrons. The van der Waals surface area contributed by atoms with E-state index in [2.05, 4.69) is 0 Å². The van der Waals surface area contributed by atoms with Crippen LogP contribution in [0.4, 0.5) is 0 Å². The maximum Gasteiger partial charge on any atom is 0.344 e. The van der Waals surface area contributed by atoms with Crippen LogP contribution >= 0.6 is 0 Å². The Labute approximate surface area is 453 Å². The smallest absolute Gasteiger partial charge is 0.344 e. The molecule has 0 saturated heterocycles. The van der Waals surface area contributed by atoms with Crippen LogP contribution in [-0.2, 0) is 76.2 Å². The maximum atomic E-state index is 12.3. The van der Waals surface area contributed by atoms with Crippen LogP contribution < -0.4 is 0 Å². The van der Waals surface area contributed by atoms with Crippen LogP contribution in [0.3, 0.4) is 0 Å². The van der Waals surface area contributed by atoms with E-state index in [1.54, 1.807) is 13.8 Å². The van der Waals surface area contributed by atoms with Crippen molar-refractivity contribution >= 4 is 41.8 Å². The van der Waals surface area contributed by atoms with Crippen molar-refractivity contribution in [1.29, 1.82) is 0 Å². The fourth-order valence-electron chi connectivity index (χ4n) is 8.96. The van der Waals surface area contributed by atoms with Crippen LogP contribution in [0.25, 0.3) is 0 Å². The van der Waals surface area contributed by atoms with Gasteiger partial charge in [0.1, 0.15) is 17.8 Å². The fourth-order valence-corrected chi connectivity index (χ4v) is 8.96. The number of esters is 7. The Bertz CT molecular complexity index is 1620. The van der Waals surface area contributed by atoms with Crippen LogP contribution in [0.15, 0.2) is 0 Å². The standard InChI is InChI=1S/C17H28O5.C16H26O6.C16H26O5.9CH4/c1-5-17(3,4)16(19)22-14-9-11-7-12(14)13(8-11)15(18)21-10-20-6-2;1-5-15(2,3)14(19)21-10-12(17)20-11-13(18)22-16(4)8-6-7-9-16;1-5-16(2,3)15(18)21-13-8-10-6-11(13)12(7-10)14(17)20-9-19-4;;;;;;;;;/h11-14H,5-10H2,1-4H3;5-11H2,1-4H3;10-13H,5-9H2,1-4H3;9*1H4. The summed E-state index contributed by atoms with van der Waals surface area (Å²) in [5.74, 6) is -1.69. The molecule has 5 saturated carbocycles. The third-order valence-electron chi connectivity index (χ3n) is 14.4. The summed E-state index contributed by atoms with van der Waals surface area (Å²) in [6.07, 6.45) is 10.9. The monoisotopic (exact) mass is 1070 g/mol. The quantitative estimate of drug-likeness (QED) is 0.0481. The molecule has 74 heavy (non-hydrogen) atoms. The van der Waals surface area contributed by atoms with E-state index >= 15 is 0 Å². The molecule has 5 fully saturated rings. The van der Waals surface area contributed by atoms with Gasteiger partial charge >= 0.3 is 41.8 Å². The third kappa shape index (κ3) is 24.5. The molecular formula is C58H116O16. The molecule has 0 amide bonds. The minimum atomic E-state index is -0.756. The second kappa shape index (κ2) is 37.9. The van der Waals surface area contributed by atoms with Crippen molar-refractivity contribution in [2.24, 2.45) is 51.8 Å². The molecule has 5 aliphatic carbocycles. The van der Waals surface area contributed by atoms with E-state index in [9.17, 15) is 33.6 Å². The number of hydrogen-bond acceptors (Lipinski definition) is 16. The number of ether oxygens (including phenoxy) is 9. The molecule has 0 aliphatic heterocycles. The van der Waals surface area contributed by atoms with Gasteiger partial charge in [0.2, 0.25) is 0 Å². The zero-order valence-electron chi connectivity index (χ0n) is 41.4. The Morgan fingerprint density at radius 1 is 0.486 bits per heavy atom. The second-order valence-corrected chi connectivity index (χ2v) is 20.6. The molecular weight excluding hydrogens is 953 g/mol. The summed E-state index contributed by atoms with van der Waals surface area (Å²) in [5, 5.41) is 0. The first-order chi connectivity index (χ1) is 30.5. The molecule has 16 heteroatoms. The lowest BCUT2D eigenvalue weighted by atomic mass is 9.86. The van der Waals surface area contributed by atoms with Crippen LogP contribution in [0.5, 0.6) is 0 Å². The lowest BCUT2D eigenvalue weighted by Crippen LogP contribution is -2.37. The van der Waals surface area contributed by atoms with Crippen molar-refractivity contribution in [3.63, 3.8) is 0 Å². The van der Waals surface area contributed by atoms with Crippen LogP contribution in [0.2, 0.25) is 0 Å². The summed E-state index contributed by atoms with van der Waals surface area (Å²) in [5.41, 5.74) is -2.02. The molecule has 0 aromatic rings. The Kier molecular flexibility index (Phi) is 43.1. The molecule has 4 bridgehead atoms. The van der Waals surface area contributed by atoms with Crippen LogP contribution in [-0.4, -0.2) is 100 Å². The number of carbonyl (C=O) groups excluding carboxylic acids is 7. The van der Waals surface area contributed by atoms with Crippen molar-refractivity contribution in [2.45, 2.75) is 244 Å². The van der Waals surface area contributed by atoms with E-state index in [-0.39, 0.29) is 140 Å². The molecule has 444 valence electrons. The first-order valence-corrected chi connectivity index (χ1v) is 23.8. The molecule has 8 atom stereocenters. The maximum absolute atomic E-state index is 12.3. The van der Waals surface area contributed by atoms with Gasteiger partial charge in [-0.25, -0.2) is 9.59 Å². The van der Waals surface area contributed by atoms with Gasteiger partial charge in [-0.15, -0.1) is 0 Å². The number of rotatable bonds is 20. The first-order valence-electron chi connectivity index (χ1n) is 23.8. The molecule has 0 heterocycles. The van der Waals surface area contributed by atoms with Crippen molar-refractivity contribution in [3.05, 3.63) is 0 Å². The van der Waals surface area contributed by atoms with Crippen LogP contribution in [0.1, 0.15) is 226 Å². The van der Waals surface area contributed by atoms with Gasteiger partial charge in [0, 0.05) is 25.6 Å². The van der Waals surface area contributed by atoms with E-state index in [0.29, 0.717) is 24.9 Å². The Balaban J connectivity index is -0.000000172. The summed E-state index contributed by atoms with van der Waals surface area (Å²) >= 11 is 0. The molecule has 5 rings (SSSR count). The minimum Gasteiger partial charge on any atom is -0.462 e. The highest BCUT2D eigenvalue weighted by atomic mass is 16.7. The molecule has 0 aromatic carbocycles. The predicted octanol–water partition coefficient (Wildman–Crippen LogP) is 13.6. The van der Waals surface area contributed by atoms with Gasteiger partial charge in [0.05, 0.1) is 28.1 Å². The zero-order valence-corrected chi connectivity index (χ0v) is 41.4. The highest BCUT2D eigenvalue weighted by Gasteiger charge is 2.53. The SMILES string of the molecule is C.C.C.C.C.C.C.C.C.CCC(C)(C)C(=O)OC1CC2CC(C(=O)OCOC)C1C2.CCC(C)(C)C(=O)OCC(=O)OCC(=O)OC1(C)CCCC1.CCOCOC(=O)C1CC2CC(OC(=O)C(C)(C)CC)C1C2. The van der Waals surface area contributed by atoms with Gasteiger partial charge in [-0.1, -0.05) is 87.6 Å². The average molecular weight is 1070 g/mol. The molecule has 5 aliphatic rings. The summed E-state index contributed by atoms with van der Waals surface area (Å²) in [4.78, 5) is 83.5. The normalized spacial score (nSPS) is 22.9. The van der Waals surface area contributed by atoms with Gasteiger partial charge in [-0.05, 0) is 151 Å². The summed E-state index contributed by atoms with van der Waals surface area (Å²) < 4.78 is 46.5. The molecule has 0 N–H and O–H groups in total. The van der Waals surface area contributed by atoms with E-state index in [4.69, 9.17) is 42.6 Å². The summed E-state index contributed by atoms with van der Waals surface area (Å²) in [7, 11) is 1.49. The van der Waals surface area contributed by atoms with Crippen molar-refractivity contribution in [2.75, 3.05) is 40.5 Å². The summed E-state index contributed by atoms with van der Waals surface area (Å²) in [6, 6.07) is 0. The Morgan fingerprint density at radius 3 is 1.23 bits per heavy atom. The number of carbonyl (C=O) groups is 7. The average Bonchev–Trinajstić information content (AvgIpc) is 4.13. The van der Waals surface area contributed by atoms with E-state index in [1.165, 1.54) is 7.11 Å². The molecule has 0 spiro atoms. The van der Waals surface area contributed by atoms with Gasteiger partial charge in [0.25, 0.3) is 0 Å². The van der Waals surface area contributed by atoms with E-state index in [1.807, 2.05) is 62.3 Å². The number of methoxy groups -OCH3 is 1. The second-order valence-electron chi connectivity index (χ2n) is 20.6. The number of fused-ring (bicyclic) bond motifs is 4. The Morgan fingerprint density at radius 2 is 0.865 bits per heavy atom. The lowest BCUT2D eigenvalue weighted by molar-refractivity contribution is -0.173. The lowest BCUT2D eigenvalue weighted by Gasteiger charge is -2.31. The topological polar surface area (TPSA) is 203 Å². The highest BCUT2D eigenvalue weighted by molar-refractivity contribution is 5.81. The molecule has 0 aromatic heterocycles. The van der Waals surface area contributed by atoms with Crippen molar-refractivity contribution in [3.8, 4) is 0 Å². The molecule has 16 nitrogen and oxygen atoms in total. The van der Waals surface area contributed by atoms with Gasteiger partial charge in [-0.2, -0.15) is 0 Å². The zero-order chi connectivity index (χ0) is 48.8. The number of hydrogen-bond donors (Lipinski definition) is 0. The Hall–Kier alpha value is -3.79. The fraction of sp³-hybridized carbons (Fsp3) is 0.879. The largest absolute Gasteiger partial charge is 0.462 e. The van der Waals surface area contributed by atoms with Gasteiger partial charge in [0.15, 0.2) is 26.8 Å². The summed E-state index contributed by atoms with van der Waals surface area (Å²) in [6.45, 7) is 20.2. The van der Waals surface area contributed by atoms with Gasteiger partial charge < -0.3 is 42.6 Å². The highest BCUT2D eigenvalue weighted by Crippen LogP contribution is 2.52. The van der Waals surface area contributed by atoms with Crippen molar-refractivity contribution < 1.29 is 76.2 Å². The third-order valence-corrected chi connectivity index (χ3v) is 14.4.